The van der Waals surface area contributed by atoms with Crippen LogP contribution in [0.2, 0.25) is 15.1 Å². The van der Waals surface area contributed by atoms with Crippen molar-refractivity contribution < 1.29 is 8.98 Å². The lowest BCUT2D eigenvalue weighted by molar-refractivity contribution is -0.133. The van der Waals surface area contributed by atoms with Crippen molar-refractivity contribution in [2.75, 3.05) is 0 Å². The number of halogens is 3. The molecule has 3 rings (SSSR count). The maximum absolute atomic E-state index is 12.7. The summed E-state index contributed by atoms with van der Waals surface area (Å²) in [5.74, 6) is -0.252. The van der Waals surface area contributed by atoms with E-state index < -0.39 is 10.3 Å². The van der Waals surface area contributed by atoms with Gasteiger partial charge < -0.3 is 4.18 Å². The fourth-order valence-corrected chi connectivity index (χ4v) is 6.22. The topological polar surface area (TPSA) is 26.3 Å². The Bertz CT molecular complexity index is 828. The fourth-order valence-electron chi connectivity index (χ4n) is 2.82. The number of hydrogen-bond donors (Lipinski definition) is 0. The highest BCUT2D eigenvalue weighted by atomic mass is 35.5. The first-order chi connectivity index (χ1) is 13.5. The second kappa shape index (κ2) is 9.23. The average molecular weight is 454 g/mol. The summed E-state index contributed by atoms with van der Waals surface area (Å²) in [4.78, 5) is 15.3. The molecular weight excluding hydrogens is 435 g/mol. The van der Waals surface area contributed by atoms with Crippen molar-refractivity contribution in [1.82, 2.24) is 0 Å². The Hall–Kier alpha value is -1.65. The zero-order valence-corrected chi connectivity index (χ0v) is 18.3. The monoisotopic (exact) mass is 452 g/mol. The Morgan fingerprint density at radius 1 is 0.714 bits per heavy atom. The van der Waals surface area contributed by atoms with Gasteiger partial charge in [0.05, 0.1) is 0 Å². The standard InChI is InChI=1S/C22H19Cl3O2S/c1-2-3-22(26)27-28(19-10-4-16(23)5-11-19,20-12-6-17(24)7-13-20)21-14-8-18(25)9-15-21/h4-15H,2-3H2,1H3. The number of benzene rings is 3. The number of rotatable bonds is 6. The van der Waals surface area contributed by atoms with E-state index in [4.69, 9.17) is 39.0 Å². The van der Waals surface area contributed by atoms with Gasteiger partial charge in [-0.05, 0) is 89.5 Å². The Morgan fingerprint density at radius 2 is 1.04 bits per heavy atom. The van der Waals surface area contributed by atoms with Crippen molar-refractivity contribution in [3.8, 4) is 0 Å². The molecule has 28 heavy (non-hydrogen) atoms. The van der Waals surface area contributed by atoms with Crippen LogP contribution in [0.25, 0.3) is 0 Å². The third kappa shape index (κ3) is 4.49. The second-order valence-corrected chi connectivity index (χ2v) is 10.1. The quantitative estimate of drug-likeness (QED) is 0.376. The second-order valence-electron chi connectivity index (χ2n) is 6.12. The van der Waals surface area contributed by atoms with E-state index in [1.54, 1.807) is 36.4 Å². The summed E-state index contributed by atoms with van der Waals surface area (Å²) >= 11 is 18.4. The minimum absolute atomic E-state index is 0.252. The molecule has 0 aliphatic rings. The largest absolute Gasteiger partial charge is 0.402 e. The first-order valence-electron chi connectivity index (χ1n) is 8.78. The van der Waals surface area contributed by atoms with Crippen LogP contribution in [0.5, 0.6) is 0 Å². The molecule has 0 bridgehead atoms. The Balaban J connectivity index is 2.29. The van der Waals surface area contributed by atoms with E-state index in [-0.39, 0.29) is 5.97 Å². The van der Waals surface area contributed by atoms with Gasteiger partial charge in [-0.2, -0.15) is 0 Å². The molecule has 0 amide bonds. The summed E-state index contributed by atoms with van der Waals surface area (Å²) in [6.45, 7) is 1.95. The summed E-state index contributed by atoms with van der Waals surface area (Å²) < 4.78 is 6.27. The highest BCUT2D eigenvalue weighted by Crippen LogP contribution is 2.69. The zero-order chi connectivity index (χ0) is 20.1. The Morgan fingerprint density at radius 3 is 1.32 bits per heavy atom. The van der Waals surface area contributed by atoms with Gasteiger partial charge in [-0.15, -0.1) is 0 Å². The van der Waals surface area contributed by atoms with E-state index in [0.29, 0.717) is 27.9 Å². The van der Waals surface area contributed by atoms with Gasteiger partial charge in [-0.25, -0.2) is 0 Å². The van der Waals surface area contributed by atoms with Crippen LogP contribution in [-0.4, -0.2) is 5.97 Å². The predicted molar refractivity (Wildman–Crippen MR) is 118 cm³/mol. The van der Waals surface area contributed by atoms with E-state index in [2.05, 4.69) is 0 Å². The number of carbonyl (C=O) groups excluding carboxylic acids is 1. The smallest absolute Gasteiger partial charge is 0.317 e. The van der Waals surface area contributed by atoms with Crippen LogP contribution in [0, 0.1) is 0 Å². The lowest BCUT2D eigenvalue weighted by Crippen LogP contribution is -2.13. The fraction of sp³-hybridized carbons (Fsp3) is 0.136. The van der Waals surface area contributed by atoms with Crippen molar-refractivity contribution >= 4 is 51.1 Å². The van der Waals surface area contributed by atoms with Gasteiger partial charge in [0.15, 0.2) is 0 Å². The van der Waals surface area contributed by atoms with Gasteiger partial charge in [0.1, 0.15) is 0 Å². The molecule has 0 fully saturated rings. The van der Waals surface area contributed by atoms with Crippen molar-refractivity contribution in [1.29, 1.82) is 0 Å². The maximum Gasteiger partial charge on any atom is 0.317 e. The van der Waals surface area contributed by atoms with Gasteiger partial charge in [-0.3, -0.25) is 4.79 Å². The molecule has 0 saturated heterocycles. The van der Waals surface area contributed by atoms with E-state index in [0.717, 1.165) is 14.7 Å². The molecular formula is C22H19Cl3O2S. The van der Waals surface area contributed by atoms with Gasteiger partial charge >= 0.3 is 5.97 Å². The molecule has 2 nitrogen and oxygen atoms in total. The first-order valence-corrected chi connectivity index (χ1v) is 11.5. The van der Waals surface area contributed by atoms with E-state index in [1.807, 2.05) is 43.3 Å². The summed E-state index contributed by atoms with van der Waals surface area (Å²) in [7, 11) is -2.33. The Labute approximate surface area is 181 Å². The van der Waals surface area contributed by atoms with Crippen molar-refractivity contribution in [3.05, 3.63) is 87.9 Å². The third-order valence-corrected chi connectivity index (χ3v) is 8.11. The molecule has 6 heteroatoms. The molecule has 3 aromatic carbocycles. The molecule has 3 aromatic rings. The van der Waals surface area contributed by atoms with Crippen molar-refractivity contribution in [2.24, 2.45) is 0 Å². The summed E-state index contributed by atoms with van der Waals surface area (Å²) in [5.41, 5.74) is 0. The SMILES string of the molecule is CCCC(=O)OS(c1ccc(Cl)cc1)(c1ccc(Cl)cc1)c1ccc(Cl)cc1. The number of carbonyl (C=O) groups is 1. The van der Waals surface area contributed by atoms with Crippen molar-refractivity contribution in [3.63, 3.8) is 0 Å². The van der Waals surface area contributed by atoms with E-state index in [1.165, 1.54) is 0 Å². The predicted octanol–water partition coefficient (Wildman–Crippen LogP) is 8.19. The van der Waals surface area contributed by atoms with Crippen molar-refractivity contribution in [2.45, 2.75) is 34.5 Å². The van der Waals surface area contributed by atoms with Gasteiger partial charge in [0.25, 0.3) is 0 Å². The maximum atomic E-state index is 12.7. The van der Waals surface area contributed by atoms with Crippen LogP contribution in [0.15, 0.2) is 87.5 Å². The lowest BCUT2D eigenvalue weighted by Gasteiger charge is -2.40. The molecule has 0 atom stereocenters. The average Bonchev–Trinajstić information content (AvgIpc) is 2.68. The Kier molecular flexibility index (Phi) is 6.95. The molecule has 0 saturated carbocycles. The highest BCUT2D eigenvalue weighted by molar-refractivity contribution is 8.30. The van der Waals surface area contributed by atoms with E-state index in [9.17, 15) is 4.79 Å². The summed E-state index contributed by atoms with van der Waals surface area (Å²) in [6.07, 6.45) is 1.04. The molecule has 0 unspecified atom stereocenters. The molecule has 0 radical (unpaired) electrons. The minimum atomic E-state index is -2.33. The van der Waals surface area contributed by atoms with Crippen LogP contribution in [0.4, 0.5) is 0 Å². The lowest BCUT2D eigenvalue weighted by atomic mass is 10.3. The molecule has 0 N–H and O–H groups in total. The minimum Gasteiger partial charge on any atom is -0.402 e. The molecule has 146 valence electrons. The molecule has 0 aliphatic carbocycles. The van der Waals surface area contributed by atoms with E-state index >= 15 is 0 Å². The summed E-state index contributed by atoms with van der Waals surface area (Å²) in [5, 5.41) is 1.84. The molecule has 0 heterocycles. The molecule has 0 aromatic heterocycles. The first kappa shape index (κ1) is 21.1. The van der Waals surface area contributed by atoms with Gasteiger partial charge in [0, 0.05) is 36.2 Å². The normalized spacial score (nSPS) is 11.9. The molecule has 0 spiro atoms. The van der Waals surface area contributed by atoms with Crippen LogP contribution >= 0.6 is 45.1 Å². The van der Waals surface area contributed by atoms with Crippen LogP contribution in [-0.2, 0) is 8.98 Å². The van der Waals surface area contributed by atoms with Crippen LogP contribution in [0.1, 0.15) is 19.8 Å². The third-order valence-electron chi connectivity index (χ3n) is 4.11. The number of hydrogen-bond acceptors (Lipinski definition) is 2. The highest BCUT2D eigenvalue weighted by Gasteiger charge is 2.35. The van der Waals surface area contributed by atoms with Gasteiger partial charge in [-0.1, -0.05) is 41.7 Å². The van der Waals surface area contributed by atoms with Gasteiger partial charge in [0.2, 0.25) is 0 Å². The molecule has 0 aliphatic heterocycles. The zero-order valence-electron chi connectivity index (χ0n) is 15.2. The summed E-state index contributed by atoms with van der Waals surface area (Å²) in [6, 6.07) is 22.2. The van der Waals surface area contributed by atoms with Crippen LogP contribution in [0.3, 0.4) is 0 Å². The van der Waals surface area contributed by atoms with Crippen LogP contribution < -0.4 is 0 Å².